The fourth-order valence-electron chi connectivity index (χ4n) is 4.84. The molecule has 1 heterocycles. The normalized spacial score (nSPS) is 16.0. The number of benzene rings is 3. The van der Waals surface area contributed by atoms with Crippen molar-refractivity contribution in [2.45, 2.75) is 58.9 Å². The molecule has 34 heavy (non-hydrogen) atoms. The summed E-state index contributed by atoms with van der Waals surface area (Å²) >= 11 is 0. The van der Waals surface area contributed by atoms with E-state index in [1.807, 2.05) is 6.21 Å². The first-order valence-corrected chi connectivity index (χ1v) is 12.5. The first-order valence-electron chi connectivity index (χ1n) is 12.5. The highest BCUT2D eigenvalue weighted by molar-refractivity contribution is 5.85. The van der Waals surface area contributed by atoms with E-state index in [2.05, 4.69) is 101 Å². The molecule has 0 bridgehead atoms. The van der Waals surface area contributed by atoms with Crippen LogP contribution in [-0.4, -0.2) is 42.5 Å². The lowest BCUT2D eigenvalue weighted by Crippen LogP contribution is -3.13. The van der Waals surface area contributed by atoms with Gasteiger partial charge in [-0.2, -0.15) is 5.10 Å². The minimum Gasteiger partial charge on any atom is -0.507 e. The van der Waals surface area contributed by atoms with Gasteiger partial charge in [0.05, 0.1) is 32.4 Å². The third kappa shape index (κ3) is 5.44. The molecular formula is C30H40N3O+. The predicted molar refractivity (Wildman–Crippen MR) is 143 cm³/mol. The number of hydrogen-bond donors (Lipinski definition) is 2. The largest absolute Gasteiger partial charge is 0.507 e. The van der Waals surface area contributed by atoms with E-state index in [-0.39, 0.29) is 10.8 Å². The van der Waals surface area contributed by atoms with E-state index in [1.54, 1.807) is 4.90 Å². The highest BCUT2D eigenvalue weighted by atomic mass is 16.3. The molecule has 0 aromatic heterocycles. The van der Waals surface area contributed by atoms with Crippen LogP contribution < -0.4 is 4.90 Å². The van der Waals surface area contributed by atoms with E-state index in [0.29, 0.717) is 5.75 Å². The number of nitrogens with zero attached hydrogens (tertiary/aromatic N) is 2. The van der Waals surface area contributed by atoms with Crippen molar-refractivity contribution in [1.29, 1.82) is 0 Å². The van der Waals surface area contributed by atoms with Crippen molar-refractivity contribution in [3.63, 3.8) is 0 Å². The lowest BCUT2D eigenvalue weighted by Gasteiger charge is -2.31. The molecule has 3 aromatic rings. The quantitative estimate of drug-likeness (QED) is 0.548. The molecule has 0 saturated carbocycles. The number of rotatable bonds is 4. The third-order valence-electron chi connectivity index (χ3n) is 6.89. The van der Waals surface area contributed by atoms with Gasteiger partial charge < -0.3 is 10.0 Å². The number of aromatic hydroxyl groups is 1. The summed E-state index contributed by atoms with van der Waals surface area (Å²) in [6.07, 6.45) is 1.97. The molecule has 1 aliphatic rings. The summed E-state index contributed by atoms with van der Waals surface area (Å²) in [6, 6.07) is 19.5. The Balaban J connectivity index is 1.45. The lowest BCUT2D eigenvalue weighted by molar-refractivity contribution is -0.918. The van der Waals surface area contributed by atoms with E-state index in [9.17, 15) is 5.11 Å². The molecule has 0 atom stereocenters. The number of hydrogen-bond acceptors (Lipinski definition) is 3. The molecule has 1 aliphatic heterocycles. The highest BCUT2D eigenvalue weighted by Crippen LogP contribution is 2.39. The van der Waals surface area contributed by atoms with Gasteiger partial charge in [0, 0.05) is 16.7 Å². The minimum absolute atomic E-state index is 0.134. The van der Waals surface area contributed by atoms with Crippen LogP contribution in [0.4, 0.5) is 0 Å². The smallest absolute Gasteiger partial charge is 0.123 e. The monoisotopic (exact) mass is 458 g/mol. The second-order valence-electron chi connectivity index (χ2n) is 11.7. The van der Waals surface area contributed by atoms with Gasteiger partial charge in [-0.1, -0.05) is 84.0 Å². The Bertz CT molecular complexity index is 1140. The van der Waals surface area contributed by atoms with Crippen LogP contribution in [0.25, 0.3) is 10.8 Å². The summed E-state index contributed by atoms with van der Waals surface area (Å²) in [5, 5.41) is 20.7. The first kappa shape index (κ1) is 24.3. The van der Waals surface area contributed by atoms with E-state index in [1.165, 1.54) is 16.3 Å². The van der Waals surface area contributed by atoms with Crippen molar-refractivity contribution < 1.29 is 10.0 Å². The van der Waals surface area contributed by atoms with Gasteiger partial charge in [0.25, 0.3) is 0 Å². The van der Waals surface area contributed by atoms with Crippen LogP contribution in [-0.2, 0) is 17.4 Å². The average molecular weight is 459 g/mol. The van der Waals surface area contributed by atoms with Crippen LogP contribution >= 0.6 is 0 Å². The molecule has 0 unspecified atom stereocenters. The molecule has 0 amide bonds. The molecule has 0 aliphatic carbocycles. The Morgan fingerprint density at radius 1 is 0.882 bits per heavy atom. The van der Waals surface area contributed by atoms with Gasteiger partial charge in [-0.05, 0) is 39.3 Å². The van der Waals surface area contributed by atoms with E-state index in [4.69, 9.17) is 5.10 Å². The molecule has 0 spiro atoms. The Labute approximate surface area is 204 Å². The van der Waals surface area contributed by atoms with Gasteiger partial charge in [0.2, 0.25) is 0 Å². The second kappa shape index (κ2) is 9.42. The van der Waals surface area contributed by atoms with Crippen LogP contribution in [0.1, 0.15) is 63.8 Å². The lowest BCUT2D eigenvalue weighted by atomic mass is 9.78. The molecule has 1 saturated heterocycles. The zero-order valence-corrected chi connectivity index (χ0v) is 21.7. The van der Waals surface area contributed by atoms with Gasteiger partial charge in [0.1, 0.15) is 12.3 Å². The van der Waals surface area contributed by atoms with E-state index < -0.39 is 0 Å². The van der Waals surface area contributed by atoms with E-state index >= 15 is 0 Å². The Morgan fingerprint density at radius 2 is 1.47 bits per heavy atom. The third-order valence-corrected chi connectivity index (χ3v) is 6.89. The summed E-state index contributed by atoms with van der Waals surface area (Å²) in [4.78, 5) is 1.61. The van der Waals surface area contributed by atoms with Crippen molar-refractivity contribution >= 4 is 17.0 Å². The molecular weight excluding hydrogens is 418 g/mol. The van der Waals surface area contributed by atoms with Crippen LogP contribution in [0.2, 0.25) is 0 Å². The topological polar surface area (TPSA) is 40.3 Å². The zero-order valence-electron chi connectivity index (χ0n) is 21.7. The number of phenols is 1. The Kier molecular flexibility index (Phi) is 6.73. The van der Waals surface area contributed by atoms with Crippen LogP contribution in [0, 0.1) is 0 Å². The highest BCUT2D eigenvalue weighted by Gasteiger charge is 2.26. The summed E-state index contributed by atoms with van der Waals surface area (Å²) in [6.45, 7) is 18.0. The molecule has 4 nitrogen and oxygen atoms in total. The molecule has 1 fully saturated rings. The van der Waals surface area contributed by atoms with E-state index in [0.717, 1.165) is 49.4 Å². The SMILES string of the molecule is CC(C)(C)c1cc(/C=N/N2CC[NH+](Cc3cccc4ccccc34)CC2)cc(C(C)(C)C)c1O. The zero-order chi connectivity index (χ0) is 24.5. The van der Waals surface area contributed by atoms with Crippen LogP contribution in [0.15, 0.2) is 59.7 Å². The molecule has 0 radical (unpaired) electrons. The van der Waals surface area contributed by atoms with Gasteiger partial charge in [-0.3, -0.25) is 5.01 Å². The number of phenolic OH excluding ortho intramolecular Hbond substituents is 1. The summed E-state index contributed by atoms with van der Waals surface area (Å²) in [5.41, 5.74) is 4.17. The Morgan fingerprint density at radius 3 is 2.09 bits per heavy atom. The van der Waals surface area contributed by atoms with Crippen molar-refractivity contribution in [2.75, 3.05) is 26.2 Å². The Hall–Kier alpha value is -2.85. The van der Waals surface area contributed by atoms with Crippen molar-refractivity contribution in [2.24, 2.45) is 5.10 Å². The average Bonchev–Trinajstić information content (AvgIpc) is 2.78. The standard InChI is InChI=1S/C30H39N3O/c1-29(2,3)26-18-22(19-27(28(26)34)30(4,5)6)20-31-33-16-14-32(15-17-33)21-24-12-9-11-23-10-7-8-13-25(23)24/h7-13,18-20,34H,14-17,21H2,1-6H3/p+1/b31-20+. The number of nitrogens with one attached hydrogen (secondary N) is 1. The van der Waals surface area contributed by atoms with Gasteiger partial charge in [-0.25, -0.2) is 0 Å². The molecule has 180 valence electrons. The number of hydrazone groups is 1. The van der Waals surface area contributed by atoms with Crippen LogP contribution in [0.5, 0.6) is 5.75 Å². The van der Waals surface area contributed by atoms with Crippen LogP contribution in [0.3, 0.4) is 0 Å². The van der Waals surface area contributed by atoms with Crippen molar-refractivity contribution in [3.05, 3.63) is 76.9 Å². The molecule has 2 N–H and O–H groups in total. The first-order chi connectivity index (χ1) is 16.0. The van der Waals surface area contributed by atoms with Gasteiger partial charge in [-0.15, -0.1) is 0 Å². The summed E-state index contributed by atoms with van der Waals surface area (Å²) in [5.74, 6) is 0.419. The van der Waals surface area contributed by atoms with Gasteiger partial charge >= 0.3 is 0 Å². The molecule has 4 heteroatoms. The summed E-state index contributed by atoms with van der Waals surface area (Å²) < 4.78 is 0. The maximum Gasteiger partial charge on any atom is 0.123 e. The fraction of sp³-hybridized carbons (Fsp3) is 0.433. The number of quaternary nitrogens is 1. The van der Waals surface area contributed by atoms with Gasteiger partial charge in [0.15, 0.2) is 0 Å². The van der Waals surface area contributed by atoms with Crippen molar-refractivity contribution in [1.82, 2.24) is 5.01 Å². The number of fused-ring (bicyclic) bond motifs is 1. The predicted octanol–water partition coefficient (Wildman–Crippen LogP) is 4.88. The minimum atomic E-state index is -0.134. The summed E-state index contributed by atoms with van der Waals surface area (Å²) in [7, 11) is 0. The molecule has 3 aromatic carbocycles. The maximum atomic E-state index is 11.0. The van der Waals surface area contributed by atoms with Crippen molar-refractivity contribution in [3.8, 4) is 5.75 Å². The number of piperazine rings is 1. The fourth-order valence-corrected chi connectivity index (χ4v) is 4.84. The maximum absolute atomic E-state index is 11.0. The molecule has 4 rings (SSSR count). The second-order valence-corrected chi connectivity index (χ2v) is 11.7.